The second kappa shape index (κ2) is 5.31. The van der Waals surface area contributed by atoms with E-state index in [9.17, 15) is 5.11 Å². The van der Waals surface area contributed by atoms with E-state index in [4.69, 9.17) is 0 Å². The molecule has 0 aliphatic carbocycles. The van der Waals surface area contributed by atoms with Crippen LogP contribution < -0.4 is 10.6 Å². The SMILES string of the molecule is CCC(C)(CO)Nc1nc(C)nc(NC)c1C. The van der Waals surface area contributed by atoms with Gasteiger partial charge in [-0.05, 0) is 27.2 Å². The maximum Gasteiger partial charge on any atom is 0.135 e. The molecule has 0 spiro atoms. The van der Waals surface area contributed by atoms with Gasteiger partial charge in [0.2, 0.25) is 0 Å². The number of hydrogen-bond acceptors (Lipinski definition) is 5. The minimum atomic E-state index is -0.351. The summed E-state index contributed by atoms with van der Waals surface area (Å²) in [4.78, 5) is 8.70. The van der Waals surface area contributed by atoms with Crippen LogP contribution in [0.4, 0.5) is 11.6 Å². The summed E-state index contributed by atoms with van der Waals surface area (Å²) in [5, 5.41) is 15.8. The van der Waals surface area contributed by atoms with Gasteiger partial charge < -0.3 is 15.7 Å². The van der Waals surface area contributed by atoms with E-state index >= 15 is 0 Å². The molecule has 0 radical (unpaired) electrons. The molecule has 0 aliphatic rings. The van der Waals surface area contributed by atoms with E-state index in [1.807, 2.05) is 34.7 Å². The van der Waals surface area contributed by atoms with Crippen molar-refractivity contribution in [3.63, 3.8) is 0 Å². The van der Waals surface area contributed by atoms with Crippen LogP contribution in [-0.2, 0) is 0 Å². The number of nitrogens with one attached hydrogen (secondary N) is 2. The lowest BCUT2D eigenvalue weighted by Crippen LogP contribution is -2.38. The highest BCUT2D eigenvalue weighted by atomic mass is 16.3. The van der Waals surface area contributed by atoms with E-state index in [1.165, 1.54) is 0 Å². The number of aromatic nitrogens is 2. The molecule has 1 aromatic rings. The normalized spacial score (nSPS) is 14.2. The molecule has 0 fully saturated rings. The van der Waals surface area contributed by atoms with Crippen LogP contribution in [0.15, 0.2) is 0 Å². The predicted molar refractivity (Wildman–Crippen MR) is 70.5 cm³/mol. The predicted octanol–water partition coefficient (Wildman–Crippen LogP) is 1.71. The Morgan fingerprint density at radius 3 is 2.29 bits per heavy atom. The Morgan fingerprint density at radius 1 is 1.24 bits per heavy atom. The van der Waals surface area contributed by atoms with Crippen molar-refractivity contribution in [2.24, 2.45) is 0 Å². The molecule has 0 saturated heterocycles. The zero-order valence-electron chi connectivity index (χ0n) is 11.3. The Labute approximate surface area is 103 Å². The van der Waals surface area contributed by atoms with Crippen LogP contribution in [0.25, 0.3) is 0 Å². The van der Waals surface area contributed by atoms with Crippen LogP contribution in [0.3, 0.4) is 0 Å². The number of nitrogens with zero attached hydrogens (tertiary/aromatic N) is 2. The summed E-state index contributed by atoms with van der Waals surface area (Å²) in [6, 6.07) is 0. The first-order valence-corrected chi connectivity index (χ1v) is 5.87. The molecule has 96 valence electrons. The fourth-order valence-corrected chi connectivity index (χ4v) is 1.52. The largest absolute Gasteiger partial charge is 0.394 e. The van der Waals surface area contributed by atoms with Gasteiger partial charge in [-0.25, -0.2) is 9.97 Å². The summed E-state index contributed by atoms with van der Waals surface area (Å²) >= 11 is 0. The molecular weight excluding hydrogens is 216 g/mol. The molecule has 1 rings (SSSR count). The summed E-state index contributed by atoms with van der Waals surface area (Å²) in [7, 11) is 1.84. The van der Waals surface area contributed by atoms with Crippen molar-refractivity contribution in [1.29, 1.82) is 0 Å². The quantitative estimate of drug-likeness (QED) is 0.728. The standard InChI is InChI=1S/C12H22N4O/c1-6-12(4,7-17)16-11-8(2)10(13-5)14-9(3)15-11/h17H,6-7H2,1-5H3,(H2,13,14,15,16). The Kier molecular flexibility index (Phi) is 4.28. The number of aryl methyl sites for hydroxylation is 1. The lowest BCUT2D eigenvalue weighted by Gasteiger charge is -2.29. The summed E-state index contributed by atoms with van der Waals surface area (Å²) in [5.41, 5.74) is 0.613. The first-order valence-electron chi connectivity index (χ1n) is 5.87. The number of anilines is 2. The third-order valence-corrected chi connectivity index (χ3v) is 3.04. The third kappa shape index (κ3) is 3.06. The lowest BCUT2D eigenvalue weighted by molar-refractivity contribution is 0.218. The molecular formula is C12H22N4O. The van der Waals surface area contributed by atoms with Gasteiger partial charge >= 0.3 is 0 Å². The molecule has 1 atom stereocenters. The van der Waals surface area contributed by atoms with E-state index in [-0.39, 0.29) is 12.1 Å². The first kappa shape index (κ1) is 13.7. The van der Waals surface area contributed by atoms with Crippen LogP contribution in [-0.4, -0.2) is 34.3 Å². The average molecular weight is 238 g/mol. The second-order valence-corrected chi connectivity index (χ2v) is 4.54. The van der Waals surface area contributed by atoms with Crippen molar-refractivity contribution in [3.05, 3.63) is 11.4 Å². The molecule has 1 aromatic heterocycles. The fraction of sp³-hybridized carbons (Fsp3) is 0.667. The Bertz CT molecular complexity index is 388. The van der Waals surface area contributed by atoms with E-state index in [0.717, 1.165) is 23.6 Å². The molecule has 0 saturated carbocycles. The van der Waals surface area contributed by atoms with Gasteiger partial charge in [0.05, 0.1) is 12.1 Å². The van der Waals surface area contributed by atoms with Gasteiger partial charge in [0, 0.05) is 12.6 Å². The van der Waals surface area contributed by atoms with E-state index in [0.29, 0.717) is 5.82 Å². The monoisotopic (exact) mass is 238 g/mol. The average Bonchev–Trinajstić information content (AvgIpc) is 2.33. The molecule has 3 N–H and O–H groups in total. The molecule has 0 bridgehead atoms. The van der Waals surface area contributed by atoms with Gasteiger partial charge in [-0.3, -0.25) is 0 Å². The van der Waals surface area contributed by atoms with Gasteiger partial charge in [0.1, 0.15) is 17.5 Å². The third-order valence-electron chi connectivity index (χ3n) is 3.04. The molecule has 1 heterocycles. The summed E-state index contributed by atoms with van der Waals surface area (Å²) in [6.07, 6.45) is 0.820. The highest BCUT2D eigenvalue weighted by Gasteiger charge is 2.22. The maximum atomic E-state index is 9.41. The molecule has 0 aliphatic heterocycles. The highest BCUT2D eigenvalue weighted by molar-refractivity contribution is 5.57. The summed E-state index contributed by atoms with van der Waals surface area (Å²) in [6.45, 7) is 7.89. The Balaban J connectivity index is 3.10. The van der Waals surface area contributed by atoms with Crippen LogP contribution in [0.5, 0.6) is 0 Å². The number of hydrogen-bond donors (Lipinski definition) is 3. The topological polar surface area (TPSA) is 70.1 Å². The zero-order valence-corrected chi connectivity index (χ0v) is 11.3. The van der Waals surface area contributed by atoms with Crippen molar-refractivity contribution in [1.82, 2.24) is 9.97 Å². The Hall–Kier alpha value is -1.36. The van der Waals surface area contributed by atoms with Crippen LogP contribution in [0, 0.1) is 13.8 Å². The van der Waals surface area contributed by atoms with Crippen molar-refractivity contribution >= 4 is 11.6 Å². The number of aliphatic hydroxyl groups excluding tert-OH is 1. The zero-order chi connectivity index (χ0) is 13.1. The van der Waals surface area contributed by atoms with Crippen LogP contribution in [0.2, 0.25) is 0 Å². The van der Waals surface area contributed by atoms with Crippen molar-refractivity contribution < 1.29 is 5.11 Å². The van der Waals surface area contributed by atoms with Crippen LogP contribution in [0.1, 0.15) is 31.7 Å². The molecule has 17 heavy (non-hydrogen) atoms. The van der Waals surface area contributed by atoms with Crippen LogP contribution >= 0.6 is 0 Å². The summed E-state index contributed by atoms with van der Waals surface area (Å²) < 4.78 is 0. The maximum absolute atomic E-state index is 9.41. The molecule has 5 heteroatoms. The fourth-order valence-electron chi connectivity index (χ4n) is 1.52. The summed E-state index contributed by atoms with van der Waals surface area (Å²) in [5.74, 6) is 2.30. The molecule has 1 unspecified atom stereocenters. The van der Waals surface area contributed by atoms with E-state index in [1.54, 1.807) is 0 Å². The van der Waals surface area contributed by atoms with E-state index < -0.39 is 0 Å². The minimum Gasteiger partial charge on any atom is -0.394 e. The smallest absolute Gasteiger partial charge is 0.135 e. The van der Waals surface area contributed by atoms with Gasteiger partial charge in [0.15, 0.2) is 0 Å². The lowest BCUT2D eigenvalue weighted by atomic mass is 10.00. The highest BCUT2D eigenvalue weighted by Crippen LogP contribution is 2.23. The van der Waals surface area contributed by atoms with Crippen molar-refractivity contribution in [2.75, 3.05) is 24.3 Å². The minimum absolute atomic E-state index is 0.0703. The van der Waals surface area contributed by atoms with Gasteiger partial charge in [-0.15, -0.1) is 0 Å². The molecule has 5 nitrogen and oxygen atoms in total. The van der Waals surface area contributed by atoms with Crippen molar-refractivity contribution in [3.8, 4) is 0 Å². The Morgan fingerprint density at radius 2 is 1.82 bits per heavy atom. The second-order valence-electron chi connectivity index (χ2n) is 4.54. The first-order chi connectivity index (χ1) is 7.95. The van der Waals surface area contributed by atoms with E-state index in [2.05, 4.69) is 20.6 Å². The molecule has 0 aromatic carbocycles. The number of aliphatic hydroxyl groups is 1. The molecule has 0 amide bonds. The van der Waals surface area contributed by atoms with Gasteiger partial charge in [0.25, 0.3) is 0 Å². The van der Waals surface area contributed by atoms with Gasteiger partial charge in [-0.2, -0.15) is 0 Å². The number of rotatable bonds is 5. The van der Waals surface area contributed by atoms with Crippen molar-refractivity contribution in [2.45, 2.75) is 39.7 Å². The van der Waals surface area contributed by atoms with Gasteiger partial charge in [-0.1, -0.05) is 6.92 Å².